The summed E-state index contributed by atoms with van der Waals surface area (Å²) in [6, 6.07) is 11.2. The number of aryl methyl sites for hydroxylation is 1. The molecule has 35 heavy (non-hydrogen) atoms. The van der Waals surface area contributed by atoms with Gasteiger partial charge in [0.25, 0.3) is 5.91 Å². The second-order valence-corrected chi connectivity index (χ2v) is 8.42. The van der Waals surface area contributed by atoms with Gasteiger partial charge in [-0.15, -0.1) is 0 Å². The van der Waals surface area contributed by atoms with E-state index in [4.69, 9.17) is 0 Å². The molecule has 2 atom stereocenters. The van der Waals surface area contributed by atoms with Crippen molar-refractivity contribution in [2.45, 2.75) is 25.6 Å². The number of aliphatic hydroxyl groups excluding tert-OH is 1. The molecular weight excluding hydrogens is 449 g/mol. The number of fused-ring (bicyclic) bond motifs is 1. The number of piperidine rings is 1. The topological polar surface area (TPSA) is 127 Å². The van der Waals surface area contributed by atoms with E-state index >= 15 is 0 Å². The quantitative estimate of drug-likeness (QED) is 0.534. The second kappa shape index (κ2) is 9.21. The van der Waals surface area contributed by atoms with Crippen molar-refractivity contribution in [3.05, 3.63) is 76.9 Å². The Morgan fingerprint density at radius 2 is 2.14 bits per heavy atom. The monoisotopic (exact) mass is 471 g/mol. The number of halogens is 1. The summed E-state index contributed by atoms with van der Waals surface area (Å²) in [6.07, 6.45) is 2.57. The van der Waals surface area contributed by atoms with Crippen LogP contribution in [0.5, 0.6) is 0 Å². The molecule has 2 unspecified atom stereocenters. The highest BCUT2D eigenvalue weighted by Crippen LogP contribution is 2.35. The lowest BCUT2D eigenvalue weighted by Crippen LogP contribution is -2.53. The highest BCUT2D eigenvalue weighted by Gasteiger charge is 2.42. The number of benzene rings is 1. The number of nitriles is 1. The van der Waals surface area contributed by atoms with Gasteiger partial charge in [0.2, 0.25) is 0 Å². The zero-order valence-electron chi connectivity index (χ0n) is 18.9. The predicted octanol–water partition coefficient (Wildman–Crippen LogP) is 3.12. The third kappa shape index (κ3) is 4.23. The van der Waals surface area contributed by atoms with Crippen LogP contribution >= 0.6 is 0 Å². The van der Waals surface area contributed by atoms with Crippen molar-refractivity contribution < 1.29 is 14.3 Å². The minimum atomic E-state index is -1.13. The lowest BCUT2D eigenvalue weighted by atomic mass is 10.0. The molecule has 2 aliphatic rings. The van der Waals surface area contributed by atoms with Gasteiger partial charge in [-0.2, -0.15) is 5.26 Å². The normalized spacial score (nSPS) is 20.6. The van der Waals surface area contributed by atoms with Crippen LogP contribution in [0.1, 0.15) is 39.7 Å². The van der Waals surface area contributed by atoms with Crippen molar-refractivity contribution in [1.82, 2.24) is 20.2 Å². The van der Waals surface area contributed by atoms with Gasteiger partial charge in [-0.25, -0.2) is 14.4 Å². The first kappa shape index (κ1) is 22.6. The fourth-order valence-electron chi connectivity index (χ4n) is 4.39. The van der Waals surface area contributed by atoms with Crippen LogP contribution < -0.4 is 10.6 Å². The Labute approximate surface area is 201 Å². The van der Waals surface area contributed by atoms with Crippen LogP contribution in [0.15, 0.2) is 53.8 Å². The van der Waals surface area contributed by atoms with Crippen LogP contribution in [0.25, 0.3) is 0 Å². The van der Waals surface area contributed by atoms with E-state index in [1.807, 2.05) is 19.1 Å². The Hall–Kier alpha value is -4.20. The SMILES string of the molecule is Cc1cncc(Nc2nc(/N=C3\CCNCC3N3C(=O)c4ccccc4C3O)c(F)cc2C#N)c1. The maximum absolute atomic E-state index is 14.9. The number of hydrogen-bond acceptors (Lipinski definition) is 8. The van der Waals surface area contributed by atoms with Gasteiger partial charge in [-0.05, 0) is 30.7 Å². The van der Waals surface area contributed by atoms with Crippen molar-refractivity contribution in [3.63, 3.8) is 0 Å². The van der Waals surface area contributed by atoms with E-state index in [1.165, 1.54) is 4.90 Å². The number of aliphatic imine (C=N–C) groups is 1. The largest absolute Gasteiger partial charge is 0.369 e. The molecule has 1 aromatic carbocycles. The van der Waals surface area contributed by atoms with Crippen LogP contribution in [0.2, 0.25) is 0 Å². The molecule has 1 amide bonds. The van der Waals surface area contributed by atoms with Gasteiger partial charge in [0.1, 0.15) is 6.07 Å². The third-order valence-electron chi connectivity index (χ3n) is 6.05. The first-order valence-corrected chi connectivity index (χ1v) is 11.1. The Morgan fingerprint density at radius 3 is 2.91 bits per heavy atom. The van der Waals surface area contributed by atoms with E-state index in [9.17, 15) is 19.6 Å². The van der Waals surface area contributed by atoms with Crippen molar-refractivity contribution in [1.29, 1.82) is 5.26 Å². The number of carbonyl (C=O) groups is 1. The van der Waals surface area contributed by atoms with Crippen LogP contribution in [-0.2, 0) is 0 Å². The molecule has 0 radical (unpaired) electrons. The zero-order valence-corrected chi connectivity index (χ0v) is 18.9. The smallest absolute Gasteiger partial charge is 0.257 e. The number of nitrogens with zero attached hydrogens (tertiary/aromatic N) is 5. The van der Waals surface area contributed by atoms with Gasteiger partial charge < -0.3 is 15.7 Å². The summed E-state index contributed by atoms with van der Waals surface area (Å²) >= 11 is 0. The number of hydrogen-bond donors (Lipinski definition) is 3. The molecule has 3 aromatic rings. The van der Waals surface area contributed by atoms with Gasteiger partial charge in [0.05, 0.1) is 23.5 Å². The van der Waals surface area contributed by atoms with Gasteiger partial charge in [-0.3, -0.25) is 14.7 Å². The molecule has 176 valence electrons. The lowest BCUT2D eigenvalue weighted by molar-refractivity contribution is 0.00763. The van der Waals surface area contributed by atoms with Gasteiger partial charge >= 0.3 is 0 Å². The average molecular weight is 471 g/mol. The third-order valence-corrected chi connectivity index (χ3v) is 6.05. The van der Waals surface area contributed by atoms with E-state index in [1.54, 1.807) is 36.7 Å². The summed E-state index contributed by atoms with van der Waals surface area (Å²) in [5.41, 5.74) is 3.01. The van der Waals surface area contributed by atoms with Crippen molar-refractivity contribution in [2.24, 2.45) is 4.99 Å². The fraction of sp³-hybridized carbons (Fsp3) is 0.240. The summed E-state index contributed by atoms with van der Waals surface area (Å²) in [6.45, 7) is 2.81. The van der Waals surface area contributed by atoms with Gasteiger partial charge in [0.15, 0.2) is 23.7 Å². The van der Waals surface area contributed by atoms with Crippen LogP contribution in [0, 0.1) is 24.1 Å². The molecule has 5 rings (SSSR count). The van der Waals surface area contributed by atoms with Crippen LogP contribution in [0.3, 0.4) is 0 Å². The molecule has 4 heterocycles. The standard InChI is InChI=1S/C25H22FN7O2/c1-14-8-16(12-29-11-14)30-22-15(10-27)9-19(26)23(32-22)31-20-6-7-28-13-21(20)33-24(34)17-4-2-3-5-18(17)25(33)35/h2-5,8-9,11-12,21,24,28,34H,6-7,13H2,1H3,(H,30,32)/b31-20+. The Kier molecular flexibility index (Phi) is 5.94. The number of carbonyl (C=O) groups excluding carboxylic acids is 1. The van der Waals surface area contributed by atoms with Crippen LogP contribution in [-0.4, -0.2) is 50.7 Å². The zero-order chi connectivity index (χ0) is 24.5. The molecular formula is C25H22FN7O2. The molecule has 2 aromatic heterocycles. The predicted molar refractivity (Wildman–Crippen MR) is 127 cm³/mol. The maximum Gasteiger partial charge on any atom is 0.257 e. The molecule has 1 saturated heterocycles. The Bertz CT molecular complexity index is 1380. The number of aliphatic hydroxyl groups is 1. The summed E-state index contributed by atoms with van der Waals surface area (Å²) in [5.74, 6) is -1.11. The molecule has 0 aliphatic carbocycles. The average Bonchev–Trinajstić information content (AvgIpc) is 3.11. The maximum atomic E-state index is 14.9. The van der Waals surface area contributed by atoms with E-state index in [-0.39, 0.29) is 23.1 Å². The molecule has 0 spiro atoms. The lowest BCUT2D eigenvalue weighted by Gasteiger charge is -2.35. The second-order valence-electron chi connectivity index (χ2n) is 8.42. The number of anilines is 2. The number of rotatable bonds is 4. The summed E-state index contributed by atoms with van der Waals surface area (Å²) in [7, 11) is 0. The highest BCUT2D eigenvalue weighted by molar-refractivity contribution is 6.03. The van der Waals surface area contributed by atoms with E-state index in [0.29, 0.717) is 42.0 Å². The minimum Gasteiger partial charge on any atom is -0.369 e. The Balaban J connectivity index is 1.51. The number of amides is 1. The molecule has 10 heteroatoms. The van der Waals surface area contributed by atoms with Gasteiger partial charge in [0, 0.05) is 42.5 Å². The minimum absolute atomic E-state index is 0.0235. The molecule has 9 nitrogen and oxygen atoms in total. The molecule has 0 bridgehead atoms. The summed E-state index contributed by atoms with van der Waals surface area (Å²) in [4.78, 5) is 27.3. The summed E-state index contributed by atoms with van der Waals surface area (Å²) < 4.78 is 14.9. The number of aromatic nitrogens is 2. The van der Waals surface area contributed by atoms with Crippen molar-refractivity contribution >= 4 is 28.9 Å². The molecule has 3 N–H and O–H groups in total. The van der Waals surface area contributed by atoms with Crippen LogP contribution in [0.4, 0.5) is 21.7 Å². The fourth-order valence-corrected chi connectivity index (χ4v) is 4.39. The van der Waals surface area contributed by atoms with E-state index in [2.05, 4.69) is 25.6 Å². The van der Waals surface area contributed by atoms with E-state index in [0.717, 1.165) is 11.6 Å². The highest BCUT2D eigenvalue weighted by atomic mass is 19.1. The summed E-state index contributed by atoms with van der Waals surface area (Å²) in [5, 5.41) is 26.6. The molecule has 2 aliphatic heterocycles. The number of pyridine rings is 2. The van der Waals surface area contributed by atoms with Crippen molar-refractivity contribution in [3.8, 4) is 6.07 Å². The number of nitrogens with one attached hydrogen (secondary N) is 2. The first-order valence-electron chi connectivity index (χ1n) is 11.1. The Morgan fingerprint density at radius 1 is 1.31 bits per heavy atom. The van der Waals surface area contributed by atoms with Crippen molar-refractivity contribution in [2.75, 3.05) is 18.4 Å². The van der Waals surface area contributed by atoms with E-state index < -0.39 is 18.1 Å². The molecule has 1 fully saturated rings. The van der Waals surface area contributed by atoms with Gasteiger partial charge in [-0.1, -0.05) is 18.2 Å². The first-order chi connectivity index (χ1) is 17.0. The molecule has 0 saturated carbocycles.